The van der Waals surface area contributed by atoms with Crippen molar-refractivity contribution in [3.63, 3.8) is 0 Å². The van der Waals surface area contributed by atoms with E-state index in [-0.39, 0.29) is 12.5 Å². The van der Waals surface area contributed by atoms with Crippen LogP contribution in [-0.4, -0.2) is 25.8 Å². The van der Waals surface area contributed by atoms with Crippen LogP contribution < -0.4 is 14.9 Å². The lowest BCUT2D eigenvalue weighted by Gasteiger charge is -2.06. The highest BCUT2D eigenvalue weighted by atomic mass is 79.9. The van der Waals surface area contributed by atoms with Crippen molar-refractivity contribution in [2.45, 2.75) is 0 Å². The summed E-state index contributed by atoms with van der Waals surface area (Å²) in [4.78, 5) is 11.6. The van der Waals surface area contributed by atoms with E-state index < -0.39 is 0 Å². The van der Waals surface area contributed by atoms with Crippen LogP contribution in [0.1, 0.15) is 5.56 Å². The number of methoxy groups -OCH3 is 1. The number of rotatable bonds is 6. The van der Waals surface area contributed by atoms with Crippen molar-refractivity contribution in [2.24, 2.45) is 5.10 Å². The first-order valence-corrected chi connectivity index (χ1v) is 7.31. The van der Waals surface area contributed by atoms with Crippen LogP contribution in [0.3, 0.4) is 0 Å². The first-order chi connectivity index (χ1) is 10.7. The first-order valence-electron chi connectivity index (χ1n) is 6.52. The molecule has 0 atom stereocenters. The lowest BCUT2D eigenvalue weighted by Crippen LogP contribution is -2.24. The molecule has 2 rings (SSSR count). The molecule has 0 heterocycles. The molecular formula is C16H15BrN2O3. The molecule has 1 N–H and O–H groups in total. The zero-order valence-electron chi connectivity index (χ0n) is 12.0. The molecule has 0 aromatic heterocycles. The van der Waals surface area contributed by atoms with Gasteiger partial charge in [0.05, 0.1) is 13.3 Å². The Morgan fingerprint density at radius 2 is 1.86 bits per heavy atom. The molecule has 5 nitrogen and oxygen atoms in total. The predicted molar refractivity (Wildman–Crippen MR) is 88.4 cm³/mol. The van der Waals surface area contributed by atoms with E-state index in [2.05, 4.69) is 26.5 Å². The Morgan fingerprint density at radius 3 is 2.55 bits per heavy atom. The average Bonchev–Trinajstić information content (AvgIpc) is 2.55. The van der Waals surface area contributed by atoms with E-state index in [1.54, 1.807) is 37.6 Å². The van der Waals surface area contributed by atoms with E-state index in [1.165, 1.54) is 0 Å². The van der Waals surface area contributed by atoms with Crippen molar-refractivity contribution in [1.82, 2.24) is 5.43 Å². The van der Waals surface area contributed by atoms with Crippen LogP contribution in [-0.2, 0) is 4.79 Å². The zero-order valence-corrected chi connectivity index (χ0v) is 13.5. The van der Waals surface area contributed by atoms with Crippen molar-refractivity contribution in [1.29, 1.82) is 0 Å². The Morgan fingerprint density at radius 1 is 1.18 bits per heavy atom. The number of nitrogens with one attached hydrogen (secondary N) is 1. The number of halogens is 1. The van der Waals surface area contributed by atoms with Crippen LogP contribution in [0, 0.1) is 0 Å². The van der Waals surface area contributed by atoms with E-state index in [4.69, 9.17) is 9.47 Å². The van der Waals surface area contributed by atoms with E-state index in [1.807, 2.05) is 24.3 Å². The Labute approximate surface area is 137 Å². The van der Waals surface area contributed by atoms with Crippen molar-refractivity contribution < 1.29 is 14.3 Å². The summed E-state index contributed by atoms with van der Waals surface area (Å²) < 4.78 is 11.3. The fourth-order valence-electron chi connectivity index (χ4n) is 1.61. The normalized spacial score (nSPS) is 10.5. The lowest BCUT2D eigenvalue weighted by molar-refractivity contribution is -0.123. The number of benzene rings is 2. The Bertz CT molecular complexity index is 657. The smallest absolute Gasteiger partial charge is 0.277 e. The number of ether oxygens (including phenoxy) is 2. The minimum absolute atomic E-state index is 0.111. The van der Waals surface area contributed by atoms with Gasteiger partial charge in [0, 0.05) is 10.0 Å². The monoisotopic (exact) mass is 362 g/mol. The molecule has 0 spiro atoms. The maximum Gasteiger partial charge on any atom is 0.277 e. The van der Waals surface area contributed by atoms with Crippen LogP contribution in [0.15, 0.2) is 58.1 Å². The molecule has 1 amide bonds. The summed E-state index contributed by atoms with van der Waals surface area (Å²) in [5, 5.41) is 3.89. The van der Waals surface area contributed by atoms with Gasteiger partial charge >= 0.3 is 0 Å². The summed E-state index contributed by atoms with van der Waals surface area (Å²) in [5.74, 6) is 0.986. The Kier molecular flexibility index (Phi) is 5.97. The molecule has 2 aromatic rings. The quantitative estimate of drug-likeness (QED) is 0.634. The molecule has 0 saturated heterocycles. The third-order valence-corrected chi connectivity index (χ3v) is 3.45. The number of amides is 1. The summed E-state index contributed by atoms with van der Waals surface area (Å²) >= 11 is 3.40. The molecule has 0 radical (unpaired) electrons. The molecule has 0 aliphatic carbocycles. The van der Waals surface area contributed by atoms with Crippen LogP contribution in [0.25, 0.3) is 0 Å². The van der Waals surface area contributed by atoms with E-state index in [9.17, 15) is 4.79 Å². The van der Waals surface area contributed by atoms with Crippen molar-refractivity contribution in [2.75, 3.05) is 13.7 Å². The lowest BCUT2D eigenvalue weighted by atomic mass is 10.2. The fraction of sp³-hybridized carbons (Fsp3) is 0.125. The molecule has 0 saturated carbocycles. The molecule has 0 unspecified atom stereocenters. The summed E-state index contributed by atoms with van der Waals surface area (Å²) in [7, 11) is 1.59. The van der Waals surface area contributed by atoms with Crippen LogP contribution in [0.5, 0.6) is 11.5 Å². The van der Waals surface area contributed by atoms with Crippen LogP contribution in [0.2, 0.25) is 0 Å². The second-order valence-electron chi connectivity index (χ2n) is 4.28. The second-order valence-corrected chi connectivity index (χ2v) is 5.13. The van der Waals surface area contributed by atoms with Gasteiger partial charge < -0.3 is 9.47 Å². The fourth-order valence-corrected chi connectivity index (χ4v) is 1.99. The van der Waals surface area contributed by atoms with Gasteiger partial charge in [-0.2, -0.15) is 5.10 Å². The summed E-state index contributed by atoms with van der Waals surface area (Å²) in [6, 6.07) is 14.6. The SMILES string of the molecule is COc1ccc(OCC(=O)N/N=C/c2ccccc2Br)cc1. The molecule has 0 fully saturated rings. The number of nitrogens with zero attached hydrogens (tertiary/aromatic N) is 1. The second kappa shape index (κ2) is 8.19. The standard InChI is InChI=1S/C16H15BrN2O3/c1-21-13-6-8-14(9-7-13)22-11-16(20)19-18-10-12-4-2-3-5-15(12)17/h2-10H,11H2,1H3,(H,19,20)/b18-10+. The highest BCUT2D eigenvalue weighted by molar-refractivity contribution is 9.10. The van der Waals surface area contributed by atoms with E-state index in [0.717, 1.165) is 15.8 Å². The summed E-state index contributed by atoms with van der Waals surface area (Å²) in [6.07, 6.45) is 1.56. The average molecular weight is 363 g/mol. The third kappa shape index (κ3) is 4.89. The largest absolute Gasteiger partial charge is 0.497 e. The molecule has 0 bridgehead atoms. The highest BCUT2D eigenvalue weighted by Crippen LogP contribution is 2.16. The summed E-state index contributed by atoms with van der Waals surface area (Å²) in [6.45, 7) is -0.111. The molecular weight excluding hydrogens is 348 g/mol. The van der Waals surface area contributed by atoms with Gasteiger partial charge in [0.2, 0.25) is 0 Å². The number of carbonyl (C=O) groups is 1. The molecule has 2 aromatic carbocycles. The maximum absolute atomic E-state index is 11.6. The molecule has 22 heavy (non-hydrogen) atoms. The minimum Gasteiger partial charge on any atom is -0.497 e. The van der Waals surface area contributed by atoms with Crippen LogP contribution in [0.4, 0.5) is 0 Å². The van der Waals surface area contributed by atoms with Gasteiger partial charge in [-0.1, -0.05) is 34.1 Å². The van der Waals surface area contributed by atoms with Crippen LogP contribution >= 0.6 is 15.9 Å². The zero-order chi connectivity index (χ0) is 15.8. The van der Waals surface area contributed by atoms with Gasteiger partial charge in [0.1, 0.15) is 11.5 Å². The van der Waals surface area contributed by atoms with E-state index >= 15 is 0 Å². The number of hydrazone groups is 1. The Balaban J connectivity index is 1.79. The van der Waals surface area contributed by atoms with Crippen molar-refractivity contribution in [3.8, 4) is 11.5 Å². The van der Waals surface area contributed by atoms with E-state index in [0.29, 0.717) is 5.75 Å². The highest BCUT2D eigenvalue weighted by Gasteiger charge is 2.02. The molecule has 6 heteroatoms. The van der Waals surface area contributed by atoms with Crippen molar-refractivity contribution >= 4 is 28.1 Å². The molecule has 0 aliphatic heterocycles. The number of hydrogen-bond donors (Lipinski definition) is 1. The minimum atomic E-state index is -0.334. The summed E-state index contributed by atoms with van der Waals surface area (Å²) in [5.41, 5.74) is 3.29. The third-order valence-electron chi connectivity index (χ3n) is 2.73. The van der Waals surface area contributed by atoms with Gasteiger partial charge in [0.25, 0.3) is 5.91 Å². The number of carbonyl (C=O) groups excluding carboxylic acids is 1. The van der Waals surface area contributed by atoms with Crippen molar-refractivity contribution in [3.05, 3.63) is 58.6 Å². The van der Waals surface area contributed by atoms with Gasteiger partial charge in [-0.25, -0.2) is 5.43 Å². The first kappa shape index (κ1) is 16.0. The molecule has 114 valence electrons. The van der Waals surface area contributed by atoms with Gasteiger partial charge in [-0.15, -0.1) is 0 Å². The molecule has 0 aliphatic rings. The Hall–Kier alpha value is -2.34. The number of hydrogen-bond acceptors (Lipinski definition) is 4. The maximum atomic E-state index is 11.6. The van der Waals surface area contributed by atoms with Gasteiger partial charge in [-0.3, -0.25) is 4.79 Å². The van der Waals surface area contributed by atoms with Gasteiger partial charge in [0.15, 0.2) is 6.61 Å². The van der Waals surface area contributed by atoms with Gasteiger partial charge in [-0.05, 0) is 30.3 Å². The predicted octanol–water partition coefficient (Wildman–Crippen LogP) is 2.99. The topological polar surface area (TPSA) is 59.9 Å².